The number of rotatable bonds is 11. The van der Waals surface area contributed by atoms with Crippen LogP contribution in [0.4, 0.5) is 26.3 Å². The Bertz CT molecular complexity index is 1280. The molecule has 2 atom stereocenters. The van der Waals surface area contributed by atoms with Gasteiger partial charge in [0.05, 0.1) is 0 Å². The van der Waals surface area contributed by atoms with E-state index in [0.29, 0.717) is 23.6 Å². The zero-order valence-corrected chi connectivity index (χ0v) is 23.7. The molecule has 0 aliphatic heterocycles. The molecule has 0 saturated carbocycles. The molecule has 2 unspecified atom stereocenters. The first-order chi connectivity index (χ1) is 19.6. The Hall–Kier alpha value is -3.12. The number of hydrogen-bond acceptors (Lipinski definition) is 3. The number of benzene rings is 4. The summed E-state index contributed by atoms with van der Waals surface area (Å²) in [6, 6.07) is 30.0. The first-order valence-corrected chi connectivity index (χ1v) is 15.3. The summed E-state index contributed by atoms with van der Waals surface area (Å²) in [6.07, 6.45) is -8.45. The maximum Gasteiger partial charge on any atom is 0.573 e. The first kappa shape index (κ1) is 30.8. The summed E-state index contributed by atoms with van der Waals surface area (Å²) >= 11 is 0. The average Bonchev–Trinajstić information content (AvgIpc) is 2.93. The largest absolute Gasteiger partial charge is 0.573 e. The number of hydrogen-bond donors (Lipinski definition) is 0. The summed E-state index contributed by atoms with van der Waals surface area (Å²) in [5, 5.41) is 2.07. The van der Waals surface area contributed by atoms with E-state index in [1.807, 2.05) is 31.2 Å². The SMILES string of the molecule is CCCCN(P(c1ccccc1)c1ccccc1OC(F)(F)F)P(c1ccccc1)c1ccccc1OC(F)(F)F. The van der Waals surface area contributed by atoms with Crippen LogP contribution in [-0.2, 0) is 0 Å². The van der Waals surface area contributed by atoms with Crippen LogP contribution in [0.3, 0.4) is 0 Å². The average molecular weight is 609 g/mol. The maximum atomic E-state index is 13.5. The fourth-order valence-electron chi connectivity index (χ4n) is 4.21. The molecule has 41 heavy (non-hydrogen) atoms. The lowest BCUT2D eigenvalue weighted by atomic mass is 10.3. The number of ether oxygens (including phenoxy) is 2. The molecule has 216 valence electrons. The summed E-state index contributed by atoms with van der Waals surface area (Å²) in [6.45, 7) is 2.38. The van der Waals surface area contributed by atoms with Gasteiger partial charge in [-0.15, -0.1) is 26.3 Å². The van der Waals surface area contributed by atoms with Gasteiger partial charge in [-0.2, -0.15) is 0 Å². The third-order valence-electron chi connectivity index (χ3n) is 5.81. The van der Waals surface area contributed by atoms with Crippen LogP contribution in [-0.4, -0.2) is 23.7 Å². The number of para-hydroxylation sites is 2. The van der Waals surface area contributed by atoms with Crippen LogP contribution in [0.25, 0.3) is 0 Å². The Kier molecular flexibility index (Phi) is 10.3. The van der Waals surface area contributed by atoms with E-state index in [2.05, 4.69) is 13.9 Å². The normalized spacial score (nSPS) is 13.6. The molecule has 0 bridgehead atoms. The van der Waals surface area contributed by atoms with Crippen molar-refractivity contribution in [2.24, 2.45) is 0 Å². The van der Waals surface area contributed by atoms with E-state index in [1.54, 1.807) is 60.7 Å². The second-order valence-electron chi connectivity index (χ2n) is 8.78. The van der Waals surface area contributed by atoms with E-state index in [-0.39, 0.29) is 11.5 Å². The molecule has 4 aromatic rings. The molecule has 0 amide bonds. The molecule has 0 aromatic heterocycles. The van der Waals surface area contributed by atoms with Gasteiger partial charge in [-0.05, 0) is 41.3 Å². The second-order valence-corrected chi connectivity index (χ2v) is 13.3. The van der Waals surface area contributed by atoms with E-state index in [0.717, 1.165) is 17.0 Å². The van der Waals surface area contributed by atoms with Crippen molar-refractivity contribution in [1.29, 1.82) is 0 Å². The minimum absolute atomic E-state index is 0.305. The summed E-state index contributed by atoms with van der Waals surface area (Å²) in [4.78, 5) is 0. The minimum atomic E-state index is -4.93. The number of alkyl halides is 6. The molecule has 0 aliphatic carbocycles. The van der Waals surface area contributed by atoms with E-state index < -0.39 is 28.9 Å². The van der Waals surface area contributed by atoms with Gasteiger partial charge in [-0.25, -0.2) is 4.44 Å². The fourth-order valence-corrected chi connectivity index (χ4v) is 10.4. The van der Waals surface area contributed by atoms with Crippen LogP contribution in [0.1, 0.15) is 19.8 Å². The molecular weight excluding hydrogens is 582 g/mol. The van der Waals surface area contributed by atoms with Crippen LogP contribution in [0, 0.1) is 0 Å². The molecule has 0 radical (unpaired) electrons. The van der Waals surface area contributed by atoms with Crippen LogP contribution < -0.4 is 30.7 Å². The number of nitrogens with zero attached hydrogens (tertiary/aromatic N) is 1. The first-order valence-electron chi connectivity index (χ1n) is 12.7. The monoisotopic (exact) mass is 609 g/mol. The zero-order valence-electron chi connectivity index (χ0n) is 21.9. The van der Waals surface area contributed by atoms with Crippen molar-refractivity contribution in [1.82, 2.24) is 4.44 Å². The van der Waals surface area contributed by atoms with Gasteiger partial charge < -0.3 is 9.47 Å². The summed E-state index contributed by atoms with van der Waals surface area (Å²) in [7, 11) is -3.46. The highest BCUT2D eigenvalue weighted by molar-refractivity contribution is 7.84. The van der Waals surface area contributed by atoms with E-state index >= 15 is 0 Å². The van der Waals surface area contributed by atoms with Crippen molar-refractivity contribution in [3.05, 3.63) is 109 Å². The van der Waals surface area contributed by atoms with Gasteiger partial charge in [0.1, 0.15) is 11.5 Å². The highest BCUT2D eigenvalue weighted by Gasteiger charge is 2.39. The molecule has 0 heterocycles. The predicted molar refractivity (Wildman–Crippen MR) is 153 cm³/mol. The van der Waals surface area contributed by atoms with Gasteiger partial charge in [-0.1, -0.05) is 98.3 Å². The molecule has 11 heteroatoms. The zero-order chi connectivity index (χ0) is 29.5. The third-order valence-corrected chi connectivity index (χ3v) is 11.4. The lowest BCUT2D eigenvalue weighted by Gasteiger charge is -2.40. The summed E-state index contributed by atoms with van der Waals surface area (Å²) < 4.78 is 92.3. The third kappa shape index (κ3) is 8.45. The van der Waals surface area contributed by atoms with Gasteiger partial charge in [0.15, 0.2) is 0 Å². The van der Waals surface area contributed by atoms with Gasteiger partial charge in [-0.3, -0.25) is 0 Å². The summed E-state index contributed by atoms with van der Waals surface area (Å²) in [5.74, 6) is -0.696. The molecule has 0 aliphatic rings. The van der Waals surface area contributed by atoms with Crippen molar-refractivity contribution in [2.45, 2.75) is 32.5 Å². The Labute approximate surface area is 237 Å². The van der Waals surface area contributed by atoms with Crippen LogP contribution in [0.2, 0.25) is 0 Å². The van der Waals surface area contributed by atoms with Crippen LogP contribution >= 0.6 is 16.1 Å². The Balaban J connectivity index is 2.00. The standard InChI is InChI=1S/C30H27F6NO2P2/c1-2-3-22-37(40(23-14-6-4-7-15-23)27-20-12-10-18-25(27)38-29(31,32)33)41(24-16-8-5-9-17-24)28-21-13-11-19-26(28)39-30(34,35)36/h4-21H,2-3,22H2,1H3. The van der Waals surface area contributed by atoms with Crippen molar-refractivity contribution < 1.29 is 35.8 Å². The molecule has 4 rings (SSSR count). The van der Waals surface area contributed by atoms with Gasteiger partial charge in [0, 0.05) is 33.3 Å². The van der Waals surface area contributed by atoms with Crippen LogP contribution in [0.15, 0.2) is 109 Å². The highest BCUT2D eigenvalue weighted by atomic mass is 31.2. The molecule has 0 N–H and O–H groups in total. The topological polar surface area (TPSA) is 21.7 Å². The van der Waals surface area contributed by atoms with Gasteiger partial charge in [0.2, 0.25) is 0 Å². The molecule has 3 nitrogen and oxygen atoms in total. The van der Waals surface area contributed by atoms with E-state index in [4.69, 9.17) is 0 Å². The molecule has 0 saturated heterocycles. The Morgan fingerprint density at radius 2 is 0.927 bits per heavy atom. The summed E-state index contributed by atoms with van der Waals surface area (Å²) in [5.41, 5.74) is 0. The Morgan fingerprint density at radius 3 is 1.29 bits per heavy atom. The quantitative estimate of drug-likeness (QED) is 0.127. The van der Waals surface area contributed by atoms with Crippen molar-refractivity contribution >= 4 is 37.4 Å². The second kappa shape index (κ2) is 13.7. The highest BCUT2D eigenvalue weighted by Crippen LogP contribution is 2.57. The molecular formula is C30H27F6NO2P2. The van der Waals surface area contributed by atoms with Gasteiger partial charge in [0.25, 0.3) is 0 Å². The predicted octanol–water partition coefficient (Wildman–Crippen LogP) is 7.98. The van der Waals surface area contributed by atoms with Gasteiger partial charge >= 0.3 is 12.7 Å². The number of halogens is 6. The van der Waals surface area contributed by atoms with Crippen molar-refractivity contribution in [2.75, 3.05) is 6.54 Å². The molecule has 0 spiro atoms. The lowest BCUT2D eigenvalue weighted by Crippen LogP contribution is -2.34. The van der Waals surface area contributed by atoms with E-state index in [1.165, 1.54) is 24.3 Å². The van der Waals surface area contributed by atoms with E-state index in [9.17, 15) is 26.3 Å². The Morgan fingerprint density at radius 1 is 0.561 bits per heavy atom. The maximum absolute atomic E-state index is 13.5. The molecule has 4 aromatic carbocycles. The lowest BCUT2D eigenvalue weighted by molar-refractivity contribution is -0.275. The van der Waals surface area contributed by atoms with Crippen molar-refractivity contribution in [3.8, 4) is 11.5 Å². The smallest absolute Gasteiger partial charge is 0.405 e. The van der Waals surface area contributed by atoms with Crippen molar-refractivity contribution in [3.63, 3.8) is 0 Å². The van der Waals surface area contributed by atoms with Crippen LogP contribution in [0.5, 0.6) is 11.5 Å². The minimum Gasteiger partial charge on any atom is -0.405 e. The fraction of sp³-hybridized carbons (Fsp3) is 0.200. The molecule has 0 fully saturated rings. The number of unbranched alkanes of at least 4 members (excludes halogenated alkanes) is 1.